The average molecular weight is 430 g/mol. The number of nitrogens with two attached hydrogens (primary N) is 1. The van der Waals surface area contributed by atoms with Gasteiger partial charge >= 0.3 is 0 Å². The predicted octanol–water partition coefficient (Wildman–Crippen LogP) is 3.71. The maximum Gasteiger partial charge on any atom is 0.193 e. The lowest BCUT2D eigenvalue weighted by Gasteiger charge is -2.25. The molecule has 0 aromatic heterocycles. The second-order valence-corrected chi connectivity index (χ2v) is 6.59. The van der Waals surface area contributed by atoms with Gasteiger partial charge in [0.2, 0.25) is 0 Å². The Morgan fingerprint density at radius 2 is 2.22 bits per heavy atom. The molecule has 130 valence electrons. The first-order chi connectivity index (χ1) is 10.6. The lowest BCUT2D eigenvalue weighted by atomic mass is 10.1. The number of aryl methyl sites for hydroxylation is 1. The number of benzene rings is 1. The first kappa shape index (κ1) is 20.2. The fraction of sp³-hybridized carbons (Fsp3) is 0.611. The normalized spacial score (nSPS) is 19.0. The van der Waals surface area contributed by atoms with Gasteiger partial charge in [-0.1, -0.05) is 32.9 Å². The third-order valence-electron chi connectivity index (χ3n) is 4.18. The second-order valence-electron chi connectivity index (χ2n) is 6.59. The van der Waals surface area contributed by atoms with Crippen LogP contribution in [0.15, 0.2) is 29.3 Å². The van der Waals surface area contributed by atoms with E-state index in [0.717, 1.165) is 25.2 Å². The first-order valence-corrected chi connectivity index (χ1v) is 8.48. The lowest BCUT2D eigenvalue weighted by Crippen LogP contribution is -2.35. The minimum absolute atomic E-state index is 0. The third-order valence-corrected chi connectivity index (χ3v) is 4.18. The summed E-state index contributed by atoms with van der Waals surface area (Å²) in [6.45, 7) is 9.85. The van der Waals surface area contributed by atoms with E-state index in [1.165, 1.54) is 24.9 Å². The van der Waals surface area contributed by atoms with Gasteiger partial charge in [-0.25, -0.2) is 0 Å². The van der Waals surface area contributed by atoms with Crippen molar-refractivity contribution < 1.29 is 0 Å². The van der Waals surface area contributed by atoms with Crippen molar-refractivity contribution in [3.63, 3.8) is 0 Å². The van der Waals surface area contributed by atoms with Gasteiger partial charge in [-0.2, -0.15) is 0 Å². The molecule has 23 heavy (non-hydrogen) atoms. The standard InChI is InChI=1S/C18H30N4.HI/c1-4-15-7-5-8-16(11-15)21-18(19)20-12-17-9-6-10-22(17)13-14(2)3;/h5,7-8,11,14,17H,4,6,9-10,12-13H2,1-3H3,(H3,19,20,21);1H/t17-;/m1./s1. The van der Waals surface area contributed by atoms with Crippen molar-refractivity contribution in [2.45, 2.75) is 46.1 Å². The van der Waals surface area contributed by atoms with Crippen molar-refractivity contribution >= 4 is 35.6 Å². The fourth-order valence-corrected chi connectivity index (χ4v) is 3.07. The van der Waals surface area contributed by atoms with E-state index in [4.69, 9.17) is 5.73 Å². The van der Waals surface area contributed by atoms with Gasteiger partial charge in [0.25, 0.3) is 0 Å². The van der Waals surface area contributed by atoms with Crippen LogP contribution in [0.3, 0.4) is 0 Å². The molecule has 1 atom stereocenters. The molecule has 1 fully saturated rings. The molecular weight excluding hydrogens is 399 g/mol. The quantitative estimate of drug-likeness (QED) is 0.411. The highest BCUT2D eigenvalue weighted by atomic mass is 127. The molecule has 0 unspecified atom stereocenters. The van der Waals surface area contributed by atoms with Crippen LogP contribution in [0.5, 0.6) is 0 Å². The molecule has 1 aliphatic rings. The molecule has 5 heteroatoms. The summed E-state index contributed by atoms with van der Waals surface area (Å²) in [6.07, 6.45) is 3.53. The van der Waals surface area contributed by atoms with Crippen LogP contribution in [0.1, 0.15) is 39.2 Å². The highest BCUT2D eigenvalue weighted by Gasteiger charge is 2.24. The Bertz CT molecular complexity index is 502. The molecule has 4 nitrogen and oxygen atoms in total. The van der Waals surface area contributed by atoms with Crippen molar-refractivity contribution in [1.82, 2.24) is 4.90 Å². The van der Waals surface area contributed by atoms with E-state index >= 15 is 0 Å². The number of nitrogens with one attached hydrogen (secondary N) is 1. The Hall–Kier alpha value is -0.820. The molecule has 1 aromatic carbocycles. The predicted molar refractivity (Wildman–Crippen MR) is 111 cm³/mol. The van der Waals surface area contributed by atoms with Crippen LogP contribution in [-0.2, 0) is 6.42 Å². The SMILES string of the molecule is CCc1cccc(NC(N)=NC[C@H]2CCCN2CC(C)C)c1.I. The van der Waals surface area contributed by atoms with Gasteiger partial charge in [0.15, 0.2) is 5.96 Å². The van der Waals surface area contributed by atoms with E-state index in [0.29, 0.717) is 17.9 Å². The Balaban J connectivity index is 0.00000264. The highest BCUT2D eigenvalue weighted by Crippen LogP contribution is 2.19. The number of guanidine groups is 1. The van der Waals surface area contributed by atoms with E-state index in [-0.39, 0.29) is 24.0 Å². The van der Waals surface area contributed by atoms with Crippen LogP contribution in [0.2, 0.25) is 0 Å². The Morgan fingerprint density at radius 3 is 2.91 bits per heavy atom. The van der Waals surface area contributed by atoms with E-state index < -0.39 is 0 Å². The van der Waals surface area contributed by atoms with Crippen molar-refractivity contribution in [2.24, 2.45) is 16.6 Å². The van der Waals surface area contributed by atoms with Crippen molar-refractivity contribution in [1.29, 1.82) is 0 Å². The van der Waals surface area contributed by atoms with E-state index in [2.05, 4.69) is 54.2 Å². The van der Waals surface area contributed by atoms with Crippen molar-refractivity contribution in [2.75, 3.05) is 25.0 Å². The highest BCUT2D eigenvalue weighted by molar-refractivity contribution is 14.0. The number of aliphatic imine (C=N–C) groups is 1. The van der Waals surface area contributed by atoms with Gasteiger partial charge < -0.3 is 11.1 Å². The van der Waals surface area contributed by atoms with Gasteiger partial charge in [-0.05, 0) is 49.4 Å². The summed E-state index contributed by atoms with van der Waals surface area (Å²) >= 11 is 0. The third kappa shape index (κ3) is 6.67. The van der Waals surface area contributed by atoms with Crippen LogP contribution >= 0.6 is 24.0 Å². The van der Waals surface area contributed by atoms with Crippen LogP contribution in [0, 0.1) is 5.92 Å². The molecule has 1 aromatic rings. The first-order valence-electron chi connectivity index (χ1n) is 8.48. The molecule has 0 bridgehead atoms. The topological polar surface area (TPSA) is 53.6 Å². The summed E-state index contributed by atoms with van der Waals surface area (Å²) in [6, 6.07) is 8.88. The number of hydrogen-bond acceptors (Lipinski definition) is 2. The molecule has 1 saturated heterocycles. The van der Waals surface area contributed by atoms with Crippen LogP contribution in [-0.4, -0.2) is 36.5 Å². The summed E-state index contributed by atoms with van der Waals surface area (Å²) in [5, 5.41) is 3.21. The summed E-state index contributed by atoms with van der Waals surface area (Å²) in [7, 11) is 0. The molecule has 0 amide bonds. The minimum atomic E-state index is 0. The smallest absolute Gasteiger partial charge is 0.193 e. The zero-order chi connectivity index (χ0) is 15.9. The fourth-order valence-electron chi connectivity index (χ4n) is 3.07. The van der Waals surface area contributed by atoms with Crippen molar-refractivity contribution in [3.8, 4) is 0 Å². The number of hydrogen-bond donors (Lipinski definition) is 2. The maximum atomic E-state index is 6.04. The second kappa shape index (κ2) is 10.1. The van der Waals surface area contributed by atoms with Crippen LogP contribution in [0.4, 0.5) is 5.69 Å². The maximum absolute atomic E-state index is 6.04. The van der Waals surface area contributed by atoms with Gasteiger partial charge in [0.1, 0.15) is 0 Å². The number of rotatable bonds is 6. The molecule has 1 heterocycles. The van der Waals surface area contributed by atoms with Crippen LogP contribution < -0.4 is 11.1 Å². The van der Waals surface area contributed by atoms with Gasteiger partial charge in [0, 0.05) is 18.3 Å². The Kier molecular flexibility index (Phi) is 8.91. The van der Waals surface area contributed by atoms with E-state index in [1.54, 1.807) is 0 Å². The molecule has 3 N–H and O–H groups in total. The van der Waals surface area contributed by atoms with Crippen LogP contribution in [0.25, 0.3) is 0 Å². The molecule has 0 aliphatic carbocycles. The summed E-state index contributed by atoms with van der Waals surface area (Å²) < 4.78 is 0. The molecule has 0 spiro atoms. The molecule has 0 radical (unpaired) electrons. The van der Waals surface area contributed by atoms with E-state index in [1.807, 2.05) is 6.07 Å². The molecule has 2 rings (SSSR count). The monoisotopic (exact) mass is 430 g/mol. The number of nitrogens with zero attached hydrogens (tertiary/aromatic N) is 2. The molecule has 0 saturated carbocycles. The number of halogens is 1. The number of anilines is 1. The van der Waals surface area contributed by atoms with Gasteiger partial charge in [-0.15, -0.1) is 24.0 Å². The van der Waals surface area contributed by atoms with E-state index in [9.17, 15) is 0 Å². The molecule has 1 aliphatic heterocycles. The Morgan fingerprint density at radius 1 is 1.43 bits per heavy atom. The zero-order valence-corrected chi connectivity index (χ0v) is 16.9. The zero-order valence-electron chi connectivity index (χ0n) is 14.6. The van der Waals surface area contributed by atoms with Gasteiger partial charge in [0.05, 0.1) is 6.54 Å². The van der Waals surface area contributed by atoms with Gasteiger partial charge in [-0.3, -0.25) is 9.89 Å². The van der Waals surface area contributed by atoms with Crippen molar-refractivity contribution in [3.05, 3.63) is 29.8 Å². The largest absolute Gasteiger partial charge is 0.370 e. The average Bonchev–Trinajstić information content (AvgIpc) is 2.91. The lowest BCUT2D eigenvalue weighted by molar-refractivity contribution is 0.231. The minimum Gasteiger partial charge on any atom is -0.370 e. The summed E-state index contributed by atoms with van der Waals surface area (Å²) in [5.41, 5.74) is 8.36. The summed E-state index contributed by atoms with van der Waals surface area (Å²) in [4.78, 5) is 7.11. The molecular formula is C18H31IN4. The Labute approximate surface area is 157 Å². The summed E-state index contributed by atoms with van der Waals surface area (Å²) in [5.74, 6) is 1.22. The number of likely N-dealkylation sites (tertiary alicyclic amines) is 1.